The summed E-state index contributed by atoms with van der Waals surface area (Å²) in [5.41, 5.74) is 2.08. The van der Waals surface area contributed by atoms with Crippen molar-refractivity contribution in [2.75, 3.05) is 6.61 Å². The number of carbonyl (C=O) groups is 1. The zero-order valence-corrected chi connectivity index (χ0v) is 22.3. The van der Waals surface area contributed by atoms with Gasteiger partial charge in [-0.2, -0.15) is 0 Å². The van der Waals surface area contributed by atoms with E-state index in [1.165, 1.54) is 19.3 Å². The second kappa shape index (κ2) is 16.3. The lowest BCUT2D eigenvalue weighted by atomic mass is 9.64. The normalized spacial score (nSPS) is 18.3. The molecule has 1 aliphatic rings. The standard InChI is InChI=1S/C15H23NO2.C11H22.C2H6/c1-11(2)7-8-18-15-9-14(6-5-12(3)17)13(4)16-10-15;1-5-9(4)11-6-10(7-11)8(2)3;1-2/h9-11H,5-8H2,1-4H3;8-11H,5-7H2,1-4H3;1-2H3. The molecule has 0 bridgehead atoms. The van der Waals surface area contributed by atoms with E-state index >= 15 is 0 Å². The maximum Gasteiger partial charge on any atom is 0.137 e. The molecule has 1 heterocycles. The van der Waals surface area contributed by atoms with Crippen LogP contribution in [0, 0.1) is 36.5 Å². The Morgan fingerprint density at radius 2 is 1.74 bits per heavy atom. The molecule has 1 aromatic heterocycles. The molecule has 3 nitrogen and oxygen atoms in total. The Morgan fingerprint density at radius 3 is 2.23 bits per heavy atom. The number of aromatic nitrogens is 1. The highest BCUT2D eigenvalue weighted by molar-refractivity contribution is 5.75. The summed E-state index contributed by atoms with van der Waals surface area (Å²) in [4.78, 5) is 15.3. The highest BCUT2D eigenvalue weighted by Gasteiger charge is 2.33. The van der Waals surface area contributed by atoms with Gasteiger partial charge in [-0.25, -0.2) is 0 Å². The van der Waals surface area contributed by atoms with Gasteiger partial charge in [0.1, 0.15) is 11.5 Å². The van der Waals surface area contributed by atoms with Crippen LogP contribution < -0.4 is 4.74 Å². The predicted molar refractivity (Wildman–Crippen MR) is 135 cm³/mol. The minimum absolute atomic E-state index is 0.209. The molecular weight excluding hydrogens is 382 g/mol. The van der Waals surface area contributed by atoms with E-state index in [9.17, 15) is 4.79 Å². The quantitative estimate of drug-likeness (QED) is 0.374. The average Bonchev–Trinajstić information content (AvgIpc) is 2.68. The Balaban J connectivity index is 0.000000591. The molecule has 0 radical (unpaired) electrons. The van der Waals surface area contributed by atoms with Crippen LogP contribution in [0.5, 0.6) is 5.75 Å². The van der Waals surface area contributed by atoms with Crippen molar-refractivity contribution < 1.29 is 9.53 Å². The molecule has 0 saturated heterocycles. The summed E-state index contributed by atoms with van der Waals surface area (Å²) in [6.45, 7) is 22.1. The minimum Gasteiger partial charge on any atom is -0.492 e. The van der Waals surface area contributed by atoms with Gasteiger partial charge in [0.25, 0.3) is 0 Å². The lowest BCUT2D eigenvalue weighted by Gasteiger charge is -2.41. The molecule has 1 saturated carbocycles. The molecule has 180 valence electrons. The van der Waals surface area contributed by atoms with Crippen molar-refractivity contribution in [1.29, 1.82) is 0 Å². The van der Waals surface area contributed by atoms with E-state index in [-0.39, 0.29) is 5.78 Å². The highest BCUT2D eigenvalue weighted by atomic mass is 16.5. The van der Waals surface area contributed by atoms with E-state index in [1.807, 2.05) is 26.8 Å². The second-order valence-electron chi connectivity index (χ2n) is 9.77. The molecule has 0 N–H and O–H groups in total. The van der Waals surface area contributed by atoms with E-state index in [0.29, 0.717) is 18.9 Å². The molecule has 1 aromatic rings. The molecular formula is C28H51NO2. The van der Waals surface area contributed by atoms with Gasteiger partial charge in [-0.1, -0.05) is 61.8 Å². The van der Waals surface area contributed by atoms with E-state index in [4.69, 9.17) is 4.74 Å². The molecule has 31 heavy (non-hydrogen) atoms. The molecule has 1 fully saturated rings. The van der Waals surface area contributed by atoms with Gasteiger partial charge >= 0.3 is 0 Å². The molecule has 1 aliphatic carbocycles. The van der Waals surface area contributed by atoms with Gasteiger partial charge in [0.05, 0.1) is 12.8 Å². The Morgan fingerprint density at radius 1 is 1.13 bits per heavy atom. The van der Waals surface area contributed by atoms with Crippen molar-refractivity contribution in [2.45, 2.75) is 108 Å². The summed E-state index contributed by atoms with van der Waals surface area (Å²) in [5.74, 6) is 5.67. The van der Waals surface area contributed by atoms with E-state index in [0.717, 1.165) is 53.5 Å². The maximum absolute atomic E-state index is 11.0. The number of rotatable bonds is 10. The predicted octanol–water partition coefficient (Wildman–Crippen LogP) is 8.08. The fourth-order valence-corrected chi connectivity index (χ4v) is 3.66. The largest absolute Gasteiger partial charge is 0.492 e. The summed E-state index contributed by atoms with van der Waals surface area (Å²) in [6.07, 6.45) is 8.49. The number of nitrogens with zero attached hydrogens (tertiary/aromatic N) is 1. The van der Waals surface area contributed by atoms with Gasteiger partial charge in [-0.3, -0.25) is 4.98 Å². The summed E-state index contributed by atoms with van der Waals surface area (Å²) in [6, 6.07) is 2.01. The number of hydrogen-bond donors (Lipinski definition) is 0. The summed E-state index contributed by atoms with van der Waals surface area (Å²) in [7, 11) is 0. The lowest BCUT2D eigenvalue weighted by molar-refractivity contribution is -0.116. The van der Waals surface area contributed by atoms with Crippen LogP contribution in [0.3, 0.4) is 0 Å². The third-order valence-corrected chi connectivity index (χ3v) is 6.48. The van der Waals surface area contributed by atoms with Crippen molar-refractivity contribution in [1.82, 2.24) is 4.98 Å². The second-order valence-corrected chi connectivity index (χ2v) is 9.77. The third-order valence-electron chi connectivity index (χ3n) is 6.48. The van der Waals surface area contributed by atoms with Crippen LogP contribution in [0.15, 0.2) is 12.3 Å². The Labute approximate surface area is 193 Å². The van der Waals surface area contributed by atoms with Crippen LogP contribution in [-0.4, -0.2) is 17.4 Å². The van der Waals surface area contributed by atoms with E-state index < -0.39 is 0 Å². The number of hydrogen-bond acceptors (Lipinski definition) is 3. The molecule has 1 atom stereocenters. The zero-order chi connectivity index (χ0) is 24.0. The van der Waals surface area contributed by atoms with Gasteiger partial charge in [-0.05, 0) is 80.8 Å². The Kier molecular flexibility index (Phi) is 15.6. The smallest absolute Gasteiger partial charge is 0.137 e. The van der Waals surface area contributed by atoms with Gasteiger partial charge in [-0.15, -0.1) is 0 Å². The summed E-state index contributed by atoms with van der Waals surface area (Å²) >= 11 is 0. The van der Waals surface area contributed by atoms with Crippen LogP contribution in [0.1, 0.15) is 106 Å². The monoisotopic (exact) mass is 433 g/mol. The van der Waals surface area contributed by atoms with Crippen LogP contribution in [-0.2, 0) is 11.2 Å². The van der Waals surface area contributed by atoms with Crippen LogP contribution >= 0.6 is 0 Å². The number of ketones is 1. The molecule has 0 aliphatic heterocycles. The first-order valence-electron chi connectivity index (χ1n) is 12.7. The SMILES string of the molecule is CC.CC(=O)CCc1cc(OCCC(C)C)cnc1C.CCC(C)C1CC(C(C)C)C1. The number of ether oxygens (including phenoxy) is 1. The van der Waals surface area contributed by atoms with Gasteiger partial charge in [0, 0.05) is 12.1 Å². The van der Waals surface area contributed by atoms with Crippen molar-refractivity contribution in [3.8, 4) is 5.75 Å². The number of carbonyl (C=O) groups excluding carboxylic acids is 1. The van der Waals surface area contributed by atoms with Crippen molar-refractivity contribution >= 4 is 5.78 Å². The lowest BCUT2D eigenvalue weighted by Crippen LogP contribution is -2.31. The molecule has 2 rings (SSSR count). The first-order chi connectivity index (χ1) is 14.6. The zero-order valence-electron chi connectivity index (χ0n) is 22.3. The fraction of sp³-hybridized carbons (Fsp3) is 0.786. The highest BCUT2D eigenvalue weighted by Crippen LogP contribution is 2.43. The number of aryl methyl sites for hydroxylation is 2. The van der Waals surface area contributed by atoms with Crippen molar-refractivity contribution in [3.05, 3.63) is 23.5 Å². The topological polar surface area (TPSA) is 39.2 Å². The fourth-order valence-electron chi connectivity index (χ4n) is 3.66. The van der Waals surface area contributed by atoms with Crippen LogP contribution in [0.2, 0.25) is 0 Å². The van der Waals surface area contributed by atoms with Crippen LogP contribution in [0.25, 0.3) is 0 Å². The van der Waals surface area contributed by atoms with E-state index in [2.05, 4.69) is 46.5 Å². The van der Waals surface area contributed by atoms with Crippen LogP contribution in [0.4, 0.5) is 0 Å². The third kappa shape index (κ3) is 12.3. The number of pyridine rings is 1. The molecule has 1 unspecified atom stereocenters. The summed E-state index contributed by atoms with van der Waals surface area (Å²) < 4.78 is 5.67. The Bertz CT molecular complexity index is 603. The first-order valence-corrected chi connectivity index (χ1v) is 12.7. The molecule has 0 amide bonds. The Hall–Kier alpha value is -1.38. The molecule has 3 heteroatoms. The maximum atomic E-state index is 11.0. The van der Waals surface area contributed by atoms with Gasteiger partial charge < -0.3 is 9.53 Å². The molecule has 0 aromatic carbocycles. The minimum atomic E-state index is 0.209. The van der Waals surface area contributed by atoms with Crippen molar-refractivity contribution in [2.24, 2.45) is 29.6 Å². The van der Waals surface area contributed by atoms with Gasteiger partial charge in [0.2, 0.25) is 0 Å². The van der Waals surface area contributed by atoms with E-state index in [1.54, 1.807) is 13.1 Å². The number of Topliss-reactive ketones (excluding diaryl/α,β-unsaturated/α-hetero) is 1. The molecule has 0 spiro atoms. The van der Waals surface area contributed by atoms with Crippen molar-refractivity contribution in [3.63, 3.8) is 0 Å². The first kappa shape index (κ1) is 29.6. The van der Waals surface area contributed by atoms with Gasteiger partial charge in [0.15, 0.2) is 0 Å². The average molecular weight is 434 g/mol. The summed E-state index contributed by atoms with van der Waals surface area (Å²) in [5, 5.41) is 0.